The van der Waals surface area contributed by atoms with Crippen LogP contribution in [0.25, 0.3) is 17.1 Å². The molecule has 5 rings (SSSR count). The average Bonchev–Trinajstić information content (AvgIpc) is 3.83. The predicted molar refractivity (Wildman–Crippen MR) is 282 cm³/mol. The number of amides is 3. The lowest BCUT2D eigenvalue weighted by Gasteiger charge is -2.32. The van der Waals surface area contributed by atoms with E-state index in [1.165, 1.54) is 6.07 Å². The first-order valence-corrected chi connectivity index (χ1v) is 26.5. The van der Waals surface area contributed by atoms with E-state index in [0.717, 1.165) is 0 Å². The average molecular weight is 1100 g/mol. The van der Waals surface area contributed by atoms with E-state index in [1.807, 2.05) is 23.6 Å². The number of phenols is 2. The maximum Gasteiger partial charge on any atom is 0.317 e. The highest BCUT2D eigenvalue weighted by molar-refractivity contribution is 5.92. The minimum atomic E-state index is -1.03. The van der Waals surface area contributed by atoms with Crippen molar-refractivity contribution >= 4 is 35.6 Å². The van der Waals surface area contributed by atoms with Crippen molar-refractivity contribution < 1.29 is 78.0 Å². The van der Waals surface area contributed by atoms with Gasteiger partial charge in [-0.05, 0) is 48.7 Å². The van der Waals surface area contributed by atoms with Crippen LogP contribution >= 0.6 is 0 Å². The highest BCUT2D eigenvalue weighted by Crippen LogP contribution is 2.38. The number of benzene rings is 2. The molecule has 432 valence electrons. The van der Waals surface area contributed by atoms with E-state index in [4.69, 9.17) is 23.7 Å². The van der Waals surface area contributed by atoms with E-state index in [9.17, 15) is 54.3 Å². The number of nitrogens with one attached hydrogen (secondary N) is 2. The topological polar surface area (TPSA) is 321 Å². The second kappa shape index (κ2) is 33.0. The van der Waals surface area contributed by atoms with Gasteiger partial charge in [0.1, 0.15) is 23.4 Å². The molecular weight excluding hydrogens is 1020 g/mol. The highest BCUT2D eigenvalue weighted by Gasteiger charge is 2.27. The Labute approximate surface area is 454 Å². The van der Waals surface area contributed by atoms with Gasteiger partial charge >= 0.3 is 17.9 Å². The zero-order valence-electron chi connectivity index (χ0n) is 45.0. The fourth-order valence-corrected chi connectivity index (χ4v) is 8.80. The highest BCUT2D eigenvalue weighted by atomic mass is 16.6. The SMILES string of the molecule is CCNC(=O)c1nnc(-c2cc(C(C)C)c(O)cc2O)n1-c1ccc(OC2CCN(C(=O)CCOCCOCCOCCOCCNC(=O)CN3CCN(CC(=O)O)CCN(CC(=O)O)CCN(CC(=O)O)CC3)CC2)cc1. The zero-order valence-corrected chi connectivity index (χ0v) is 45.0. The summed E-state index contributed by atoms with van der Waals surface area (Å²) >= 11 is 0. The molecule has 2 aliphatic heterocycles. The number of ether oxygens (including phenoxy) is 5. The smallest absolute Gasteiger partial charge is 0.317 e. The van der Waals surface area contributed by atoms with Gasteiger partial charge in [-0.25, -0.2) is 0 Å². The molecule has 0 unspecified atom stereocenters. The molecular formula is C52H78N10O16. The Hall–Kier alpha value is -6.52. The summed E-state index contributed by atoms with van der Waals surface area (Å²) in [5.74, 6) is -3.22. The van der Waals surface area contributed by atoms with Crippen molar-refractivity contribution in [3.63, 3.8) is 0 Å². The van der Waals surface area contributed by atoms with Crippen LogP contribution in [0, 0.1) is 0 Å². The van der Waals surface area contributed by atoms with Crippen LogP contribution in [0.1, 0.15) is 62.1 Å². The third-order valence-electron chi connectivity index (χ3n) is 12.9. The van der Waals surface area contributed by atoms with Crippen molar-refractivity contribution in [2.45, 2.75) is 52.1 Å². The van der Waals surface area contributed by atoms with Gasteiger partial charge < -0.3 is 64.8 Å². The van der Waals surface area contributed by atoms with E-state index >= 15 is 0 Å². The Morgan fingerprint density at radius 3 is 1.59 bits per heavy atom. The summed E-state index contributed by atoms with van der Waals surface area (Å²) in [4.78, 5) is 82.1. The quantitative estimate of drug-likeness (QED) is 0.0451. The van der Waals surface area contributed by atoms with Crippen LogP contribution in [0.3, 0.4) is 0 Å². The number of carbonyl (C=O) groups is 6. The number of carbonyl (C=O) groups excluding carboxylic acids is 3. The molecule has 26 heteroatoms. The number of likely N-dealkylation sites (tertiary alicyclic amines) is 1. The van der Waals surface area contributed by atoms with Gasteiger partial charge in [-0.15, -0.1) is 10.2 Å². The van der Waals surface area contributed by atoms with Gasteiger partial charge in [0.05, 0.1) is 91.0 Å². The van der Waals surface area contributed by atoms with E-state index in [-0.39, 0.29) is 126 Å². The number of carboxylic acid groups (broad SMARTS) is 3. The van der Waals surface area contributed by atoms with Crippen LogP contribution < -0.4 is 15.4 Å². The Balaban J connectivity index is 0.902. The molecule has 0 radical (unpaired) electrons. The van der Waals surface area contributed by atoms with Crippen LogP contribution in [0.5, 0.6) is 17.2 Å². The van der Waals surface area contributed by atoms with Crippen LogP contribution in [0.2, 0.25) is 0 Å². The Kier molecular flexibility index (Phi) is 26.4. The third-order valence-corrected chi connectivity index (χ3v) is 12.9. The summed E-state index contributed by atoms with van der Waals surface area (Å²) in [7, 11) is 0. The molecule has 3 heterocycles. The molecule has 3 amide bonds. The summed E-state index contributed by atoms with van der Waals surface area (Å²) < 4.78 is 30.2. The number of aliphatic carboxylic acids is 3. The Morgan fingerprint density at radius 2 is 1.10 bits per heavy atom. The van der Waals surface area contributed by atoms with Gasteiger partial charge in [-0.2, -0.15) is 0 Å². The van der Waals surface area contributed by atoms with E-state index in [1.54, 1.807) is 56.5 Å². The van der Waals surface area contributed by atoms with E-state index in [2.05, 4.69) is 20.8 Å². The van der Waals surface area contributed by atoms with Gasteiger partial charge in [0.2, 0.25) is 17.6 Å². The molecule has 2 aromatic carbocycles. The maximum absolute atomic E-state index is 13.1. The van der Waals surface area contributed by atoms with Crippen molar-refractivity contribution in [3.05, 3.63) is 47.8 Å². The number of phenolic OH excluding ortho intramolecular Hbond substituents is 2. The fourth-order valence-electron chi connectivity index (χ4n) is 8.80. The molecule has 2 saturated heterocycles. The number of nitrogens with zero attached hydrogens (tertiary/aromatic N) is 8. The normalized spacial score (nSPS) is 15.9. The summed E-state index contributed by atoms with van der Waals surface area (Å²) in [6.07, 6.45) is 1.42. The fraction of sp³-hybridized carbons (Fsp3) is 0.615. The van der Waals surface area contributed by atoms with Crippen LogP contribution in [-0.4, -0.2) is 264 Å². The Morgan fingerprint density at radius 1 is 0.615 bits per heavy atom. The number of carboxylic acids is 3. The Bertz CT molecular complexity index is 2350. The molecule has 1 aromatic heterocycles. The van der Waals surface area contributed by atoms with Crippen molar-refractivity contribution in [2.24, 2.45) is 0 Å². The van der Waals surface area contributed by atoms with Crippen molar-refractivity contribution in [3.8, 4) is 34.3 Å². The van der Waals surface area contributed by atoms with Gasteiger partial charge in [0, 0.05) is 103 Å². The van der Waals surface area contributed by atoms with Crippen molar-refractivity contribution in [2.75, 3.05) is 158 Å². The van der Waals surface area contributed by atoms with Crippen LogP contribution in [0.4, 0.5) is 0 Å². The molecule has 0 atom stereocenters. The lowest BCUT2D eigenvalue weighted by atomic mass is 9.98. The van der Waals surface area contributed by atoms with Gasteiger partial charge in [-0.3, -0.25) is 52.9 Å². The maximum atomic E-state index is 13.1. The summed E-state index contributed by atoms with van der Waals surface area (Å²) in [5, 5.41) is 63.5. The molecule has 0 bridgehead atoms. The molecule has 0 aliphatic carbocycles. The number of rotatable bonds is 30. The number of hydrogen-bond acceptors (Lipinski definition) is 19. The molecule has 2 fully saturated rings. The summed E-state index contributed by atoms with van der Waals surface area (Å²) in [5.41, 5.74) is 1.48. The third kappa shape index (κ3) is 21.4. The van der Waals surface area contributed by atoms with Crippen molar-refractivity contribution in [1.82, 2.24) is 49.9 Å². The molecule has 3 aromatic rings. The first kappa shape index (κ1) is 62.3. The predicted octanol–water partition coefficient (Wildman–Crippen LogP) is 0.637. The molecule has 0 saturated carbocycles. The van der Waals surface area contributed by atoms with Gasteiger partial charge in [-0.1, -0.05) is 13.8 Å². The summed E-state index contributed by atoms with van der Waals surface area (Å²) in [6.45, 7) is 11.5. The van der Waals surface area contributed by atoms with Gasteiger partial charge in [0.25, 0.3) is 5.91 Å². The number of hydrogen-bond donors (Lipinski definition) is 7. The summed E-state index contributed by atoms with van der Waals surface area (Å²) in [6, 6.07) is 10.0. The number of piperidine rings is 1. The molecule has 7 N–H and O–H groups in total. The molecule has 0 spiro atoms. The molecule has 26 nitrogen and oxygen atoms in total. The van der Waals surface area contributed by atoms with E-state index in [0.29, 0.717) is 121 Å². The van der Waals surface area contributed by atoms with Crippen molar-refractivity contribution in [1.29, 1.82) is 0 Å². The van der Waals surface area contributed by atoms with E-state index < -0.39 is 23.8 Å². The molecule has 78 heavy (non-hydrogen) atoms. The minimum absolute atomic E-state index is 0.0000974. The second-order valence-corrected chi connectivity index (χ2v) is 19.2. The first-order valence-electron chi connectivity index (χ1n) is 26.5. The van der Waals surface area contributed by atoms with Crippen LogP contribution in [-0.2, 0) is 42.9 Å². The monoisotopic (exact) mass is 1100 g/mol. The lowest BCUT2D eigenvalue weighted by Crippen LogP contribution is -2.50. The minimum Gasteiger partial charge on any atom is -0.508 e. The largest absolute Gasteiger partial charge is 0.508 e. The first-order chi connectivity index (χ1) is 37.5. The standard InChI is InChI=1S/C52H78N10O16/c1-4-53-52(73)51-56-55-50(42-31-41(37(2)3)43(63)32-44(42)64)62(51)38-5-7-39(8-6-38)78-40-9-13-61(14-10-40)46(66)11-23-74-25-27-76-29-30-77-28-26-75-24-12-54-45(65)33-57-15-17-58(34-47(67)68)19-21-60(36-49(71)72)22-20-59(18-16-57)35-48(69)70/h5-8,31-32,37,40,63-64H,4,9-30,33-36H2,1-3H3,(H,53,73)(H,54,65)(H,67,68)(H,69,70)(H,71,72). The molecule has 2 aliphatic rings. The zero-order chi connectivity index (χ0) is 56.4. The lowest BCUT2D eigenvalue weighted by molar-refractivity contribution is -0.140. The van der Waals surface area contributed by atoms with Gasteiger partial charge in [0.15, 0.2) is 5.82 Å². The second-order valence-electron chi connectivity index (χ2n) is 19.2. The number of aromatic hydroxyl groups is 2. The van der Waals surface area contributed by atoms with Crippen LogP contribution in [0.15, 0.2) is 36.4 Å². The number of aromatic nitrogens is 3.